The van der Waals surface area contributed by atoms with Gasteiger partial charge in [0.05, 0.1) is 50.1 Å². The first kappa shape index (κ1) is 51.7. The average Bonchev–Trinajstić information content (AvgIpc) is 4.43. The molecule has 4 aliphatic rings. The van der Waals surface area contributed by atoms with Gasteiger partial charge in [-0.25, -0.2) is 29.9 Å². The van der Waals surface area contributed by atoms with Crippen molar-refractivity contribution in [2.45, 2.75) is 56.7 Å². The highest BCUT2D eigenvalue weighted by molar-refractivity contribution is 5.91. The largest absolute Gasteiger partial charge is 0.487 e. The number of aromatic nitrogens is 8. The number of nitrogens with zero attached hydrogens (tertiary/aromatic N) is 12. The molecular formula is C58H56N14O8. The number of carbonyl (C=O) groups is 2. The summed E-state index contributed by atoms with van der Waals surface area (Å²) in [5.41, 5.74) is 9.04. The highest BCUT2D eigenvalue weighted by atomic mass is 16.5. The molecule has 22 nitrogen and oxygen atoms in total. The van der Waals surface area contributed by atoms with E-state index in [1.54, 1.807) is 34.1 Å². The second-order valence-corrected chi connectivity index (χ2v) is 20.3. The first-order chi connectivity index (χ1) is 39.0. The second-order valence-electron chi connectivity index (χ2n) is 20.3. The van der Waals surface area contributed by atoms with E-state index in [4.69, 9.17) is 28.9 Å². The van der Waals surface area contributed by atoms with Crippen LogP contribution >= 0.6 is 0 Å². The summed E-state index contributed by atoms with van der Waals surface area (Å²) in [6.07, 6.45) is 0.662. The van der Waals surface area contributed by atoms with Crippen LogP contribution in [0.15, 0.2) is 97.6 Å². The van der Waals surface area contributed by atoms with Crippen molar-refractivity contribution >= 4 is 45.5 Å². The van der Waals surface area contributed by atoms with Crippen LogP contribution in [0.1, 0.15) is 37.3 Å². The van der Waals surface area contributed by atoms with Gasteiger partial charge in [-0.3, -0.25) is 9.59 Å². The molecular weight excluding hydrogens is 1020 g/mol. The monoisotopic (exact) mass is 1080 g/mol. The number of rotatable bonds is 14. The fourth-order valence-corrected chi connectivity index (χ4v) is 10.9. The van der Waals surface area contributed by atoms with Crippen LogP contribution in [0.2, 0.25) is 0 Å². The third-order valence-corrected chi connectivity index (χ3v) is 15.1. The number of fused-ring (bicyclic) bond motifs is 2. The van der Waals surface area contributed by atoms with Gasteiger partial charge in [-0.05, 0) is 91.9 Å². The maximum Gasteiger partial charge on any atom is 0.251 e. The van der Waals surface area contributed by atoms with E-state index in [0.29, 0.717) is 145 Å². The number of amides is 2. The maximum absolute atomic E-state index is 13.7. The summed E-state index contributed by atoms with van der Waals surface area (Å²) in [6, 6.07) is 31.2. The fourth-order valence-electron chi connectivity index (χ4n) is 10.9. The molecule has 4 aliphatic heterocycles. The van der Waals surface area contributed by atoms with Crippen molar-refractivity contribution in [3.05, 3.63) is 109 Å². The number of nitrogens with one attached hydrogen (secondary N) is 2. The number of benzene rings is 4. The molecule has 1 unspecified atom stereocenters. The maximum atomic E-state index is 13.7. The number of nitriles is 2. The summed E-state index contributed by atoms with van der Waals surface area (Å²) < 4.78 is 24.1. The lowest BCUT2D eigenvalue weighted by Crippen LogP contribution is -2.46. The lowest BCUT2D eigenvalue weighted by atomic mass is 10.1. The van der Waals surface area contributed by atoms with Crippen LogP contribution in [0.3, 0.4) is 0 Å². The van der Waals surface area contributed by atoms with Crippen molar-refractivity contribution in [2.24, 2.45) is 0 Å². The summed E-state index contributed by atoms with van der Waals surface area (Å²) in [6.45, 7) is 7.49. The van der Waals surface area contributed by atoms with Crippen molar-refractivity contribution in [1.82, 2.24) is 49.7 Å². The van der Waals surface area contributed by atoms with Crippen molar-refractivity contribution in [2.75, 3.05) is 82.0 Å². The Bertz CT molecular complexity index is 3680. The summed E-state index contributed by atoms with van der Waals surface area (Å²) in [5, 5.41) is 41.3. The van der Waals surface area contributed by atoms with Crippen molar-refractivity contribution < 1.29 is 38.7 Å². The summed E-state index contributed by atoms with van der Waals surface area (Å²) in [4.78, 5) is 68.0. The van der Waals surface area contributed by atoms with E-state index in [1.807, 2.05) is 48.5 Å². The van der Waals surface area contributed by atoms with Crippen LogP contribution in [0, 0.1) is 22.7 Å². The standard InChI is InChI=1S/C58H56N14O8/c1-34(73)57(75)71-16-14-43(29-71)79-47-12-6-37(24-39(47)27-59)50-52-56(64-33-62-50)68-54(66-52)36-4-10-42(11-5-36)70-20-23-78-45(31-70)26-46(74)58(76)72-17-15-44(30-72)80-48-13-7-38(25-40(48)28-60)49-51-55(63-32-61-49)67-53(65-51)35-2-8-41(9-3-35)69-18-21-77-22-19-69/h2-13,24-25,32-34,43-46,73-74H,14-23,26,29-31H2,1H3,(H,61,63,65,67)(H,62,64,66,68)/t34-,43+,44+,45?,46+/m0/s1. The van der Waals surface area contributed by atoms with Crippen molar-refractivity contribution in [3.8, 4) is 68.9 Å². The number of aromatic amines is 2. The molecule has 4 saturated heterocycles. The number of likely N-dealkylation sites (tertiary alicyclic amines) is 2. The Hall–Kier alpha value is -9.06. The molecule has 80 heavy (non-hydrogen) atoms. The molecule has 0 radical (unpaired) electrons. The van der Waals surface area contributed by atoms with E-state index < -0.39 is 24.2 Å². The number of hydrogen-bond donors (Lipinski definition) is 4. The van der Waals surface area contributed by atoms with Gasteiger partial charge in [-0.2, -0.15) is 10.5 Å². The van der Waals surface area contributed by atoms with E-state index in [0.717, 1.165) is 35.6 Å². The molecule has 406 valence electrons. The van der Waals surface area contributed by atoms with Gasteiger partial charge in [0.2, 0.25) is 0 Å². The van der Waals surface area contributed by atoms with Gasteiger partial charge in [0.15, 0.2) is 11.3 Å². The molecule has 5 atom stereocenters. The van der Waals surface area contributed by atoms with Crippen LogP contribution in [-0.4, -0.2) is 174 Å². The first-order valence-electron chi connectivity index (χ1n) is 26.7. The summed E-state index contributed by atoms with van der Waals surface area (Å²) in [7, 11) is 0. The molecule has 4 aromatic heterocycles. The lowest BCUT2D eigenvalue weighted by Gasteiger charge is -2.35. The Labute approximate surface area is 459 Å². The third-order valence-electron chi connectivity index (χ3n) is 15.1. The van der Waals surface area contributed by atoms with Crippen molar-refractivity contribution in [3.63, 3.8) is 0 Å². The van der Waals surface area contributed by atoms with Gasteiger partial charge in [0.1, 0.15) is 94.8 Å². The minimum absolute atomic E-state index is 0.116. The predicted octanol–water partition coefficient (Wildman–Crippen LogP) is 5.26. The Kier molecular flexibility index (Phi) is 14.4. The summed E-state index contributed by atoms with van der Waals surface area (Å²) in [5.74, 6) is 1.27. The van der Waals surface area contributed by atoms with E-state index in [-0.39, 0.29) is 31.1 Å². The van der Waals surface area contributed by atoms with Crippen LogP contribution in [0.25, 0.3) is 67.6 Å². The van der Waals surface area contributed by atoms with E-state index >= 15 is 0 Å². The first-order valence-corrected chi connectivity index (χ1v) is 26.7. The van der Waals surface area contributed by atoms with Crippen LogP contribution in [-0.2, 0) is 19.1 Å². The van der Waals surface area contributed by atoms with Gasteiger partial charge >= 0.3 is 0 Å². The number of ether oxygens (including phenoxy) is 4. The van der Waals surface area contributed by atoms with E-state index in [2.05, 4.69) is 64.0 Å². The van der Waals surface area contributed by atoms with Gasteiger partial charge < -0.3 is 58.7 Å². The number of H-pyrrole nitrogens is 2. The number of aliphatic hydroxyl groups excluding tert-OH is 2. The molecule has 0 aliphatic carbocycles. The molecule has 4 aromatic carbocycles. The fraction of sp³-hybridized carbons (Fsp3) is 0.345. The molecule has 8 aromatic rings. The molecule has 22 heteroatoms. The van der Waals surface area contributed by atoms with Crippen molar-refractivity contribution in [1.29, 1.82) is 10.5 Å². The SMILES string of the molecule is C[C@H](O)C(=O)N1CC[C@@H](Oc2ccc(-c3ncnc4[nH]c(-c5ccc(N6CCOC(C[C@@H](O)C(=O)N7CC[C@@H](Oc8ccc(-c9ncnc%10[nH]c(-c%11ccc(N%12CCOCC%12)cc%11)nc9%10)cc8C#N)C7)C6)cc5)nc34)cc2C#N)C1. The Morgan fingerprint density at radius 2 is 1.12 bits per heavy atom. The average molecular weight is 1080 g/mol. The Morgan fingerprint density at radius 3 is 1.64 bits per heavy atom. The number of imidazole rings is 2. The molecule has 12 rings (SSSR count). The van der Waals surface area contributed by atoms with E-state index in [9.17, 15) is 30.3 Å². The number of aliphatic hydroxyl groups is 2. The van der Waals surface area contributed by atoms with Crippen LogP contribution in [0.4, 0.5) is 11.4 Å². The molecule has 0 bridgehead atoms. The minimum Gasteiger partial charge on any atom is -0.487 e. The van der Waals surface area contributed by atoms with Crippen LogP contribution < -0.4 is 19.3 Å². The number of morpholine rings is 2. The molecule has 4 fully saturated rings. The number of hydrogen-bond acceptors (Lipinski definition) is 18. The Balaban J connectivity index is 0.644. The molecule has 0 spiro atoms. The molecule has 0 saturated carbocycles. The zero-order valence-electron chi connectivity index (χ0n) is 43.7. The molecule has 2 amide bonds. The van der Waals surface area contributed by atoms with Gasteiger partial charge in [0.25, 0.3) is 11.8 Å². The van der Waals surface area contributed by atoms with Crippen LogP contribution in [0.5, 0.6) is 11.5 Å². The third kappa shape index (κ3) is 10.6. The predicted molar refractivity (Wildman–Crippen MR) is 293 cm³/mol. The van der Waals surface area contributed by atoms with Gasteiger partial charge in [-0.1, -0.05) is 0 Å². The highest BCUT2D eigenvalue weighted by Gasteiger charge is 2.35. The quantitative estimate of drug-likeness (QED) is 0.108. The smallest absolute Gasteiger partial charge is 0.251 e. The summed E-state index contributed by atoms with van der Waals surface area (Å²) >= 11 is 0. The Morgan fingerprint density at radius 1 is 0.637 bits per heavy atom. The zero-order chi connectivity index (χ0) is 54.9. The van der Waals surface area contributed by atoms with E-state index in [1.165, 1.54) is 19.6 Å². The zero-order valence-corrected chi connectivity index (χ0v) is 43.7. The second kappa shape index (κ2) is 22.4. The topological polar surface area (TPSA) is 281 Å². The minimum atomic E-state index is -1.28. The number of carbonyl (C=O) groups excluding carboxylic acids is 2. The van der Waals surface area contributed by atoms with Gasteiger partial charge in [-0.15, -0.1) is 0 Å². The normalized spacial score (nSPS) is 19.2. The highest BCUT2D eigenvalue weighted by Crippen LogP contribution is 2.35. The number of anilines is 2. The van der Waals surface area contributed by atoms with Gasteiger partial charge in [0, 0.05) is 92.2 Å². The lowest BCUT2D eigenvalue weighted by molar-refractivity contribution is -0.141. The molecule has 8 heterocycles. The molecule has 4 N–H and O–H groups in total.